The molecule has 1 aromatic carbocycles. The van der Waals surface area contributed by atoms with E-state index in [1.54, 1.807) is 0 Å². The number of hydrogen-bond donors (Lipinski definition) is 2. The average Bonchev–Trinajstić information content (AvgIpc) is 2.36. The van der Waals surface area contributed by atoms with Crippen LogP contribution in [0.2, 0.25) is 0 Å². The predicted molar refractivity (Wildman–Crippen MR) is 76.1 cm³/mol. The quantitative estimate of drug-likeness (QED) is 0.759. The molecule has 0 aliphatic rings. The van der Waals surface area contributed by atoms with Gasteiger partial charge in [0.2, 0.25) is 5.91 Å². The SMILES string of the molecule is CC(C)C[C@@H](NC(=O)CSc1ccc(F)cc1F)C(=O)O. The van der Waals surface area contributed by atoms with Gasteiger partial charge in [-0.25, -0.2) is 13.6 Å². The molecule has 1 amide bonds. The van der Waals surface area contributed by atoms with Gasteiger partial charge < -0.3 is 10.4 Å². The van der Waals surface area contributed by atoms with Crippen molar-refractivity contribution in [1.82, 2.24) is 5.32 Å². The van der Waals surface area contributed by atoms with E-state index in [1.807, 2.05) is 13.8 Å². The lowest BCUT2D eigenvalue weighted by Crippen LogP contribution is -2.42. The lowest BCUT2D eigenvalue weighted by Gasteiger charge is -2.16. The highest BCUT2D eigenvalue weighted by Crippen LogP contribution is 2.22. The second-order valence-electron chi connectivity index (χ2n) is 4.95. The summed E-state index contributed by atoms with van der Waals surface area (Å²) in [5.41, 5.74) is 0. The van der Waals surface area contributed by atoms with E-state index in [-0.39, 0.29) is 16.6 Å². The third-order valence-electron chi connectivity index (χ3n) is 2.59. The van der Waals surface area contributed by atoms with Gasteiger partial charge in [0.1, 0.15) is 17.7 Å². The minimum absolute atomic E-state index is 0.119. The first kappa shape index (κ1) is 17.4. The number of benzene rings is 1. The number of nitrogens with one attached hydrogen (secondary N) is 1. The van der Waals surface area contributed by atoms with Crippen LogP contribution >= 0.6 is 11.8 Å². The lowest BCUT2D eigenvalue weighted by atomic mass is 10.0. The van der Waals surface area contributed by atoms with Crippen LogP contribution in [0.3, 0.4) is 0 Å². The second-order valence-corrected chi connectivity index (χ2v) is 5.97. The van der Waals surface area contributed by atoms with E-state index in [0.29, 0.717) is 6.42 Å². The van der Waals surface area contributed by atoms with Crippen molar-refractivity contribution in [3.05, 3.63) is 29.8 Å². The largest absolute Gasteiger partial charge is 0.480 e. The Morgan fingerprint density at radius 2 is 2.00 bits per heavy atom. The Labute approximate surface area is 125 Å². The van der Waals surface area contributed by atoms with E-state index in [1.165, 1.54) is 6.07 Å². The summed E-state index contributed by atoms with van der Waals surface area (Å²) in [7, 11) is 0. The fraction of sp³-hybridized carbons (Fsp3) is 0.429. The first-order valence-electron chi connectivity index (χ1n) is 6.39. The van der Waals surface area contributed by atoms with E-state index in [4.69, 9.17) is 5.11 Å². The van der Waals surface area contributed by atoms with E-state index < -0.39 is 29.6 Å². The molecule has 0 unspecified atom stereocenters. The normalized spacial score (nSPS) is 12.2. The minimum Gasteiger partial charge on any atom is -0.480 e. The molecular formula is C14H17F2NO3S. The summed E-state index contributed by atoms with van der Waals surface area (Å²) in [5, 5.41) is 11.4. The van der Waals surface area contributed by atoms with Gasteiger partial charge in [0.15, 0.2) is 0 Å². The third kappa shape index (κ3) is 6.12. The van der Waals surface area contributed by atoms with E-state index in [9.17, 15) is 18.4 Å². The summed E-state index contributed by atoms with van der Waals surface area (Å²) in [5.74, 6) is -3.06. The molecule has 1 rings (SSSR count). The number of carbonyl (C=O) groups excluding carboxylic acids is 1. The number of aliphatic carboxylic acids is 1. The minimum atomic E-state index is -1.10. The Balaban J connectivity index is 2.54. The molecule has 0 saturated heterocycles. The van der Waals surface area contributed by atoms with Gasteiger partial charge in [-0.1, -0.05) is 13.8 Å². The van der Waals surface area contributed by atoms with Crippen LogP contribution in [0.5, 0.6) is 0 Å². The Morgan fingerprint density at radius 3 is 2.52 bits per heavy atom. The van der Waals surface area contributed by atoms with Crippen LogP contribution in [0.1, 0.15) is 20.3 Å². The molecule has 2 N–H and O–H groups in total. The van der Waals surface area contributed by atoms with Gasteiger partial charge >= 0.3 is 5.97 Å². The van der Waals surface area contributed by atoms with Crippen molar-refractivity contribution in [2.75, 3.05) is 5.75 Å². The molecule has 0 fully saturated rings. The zero-order chi connectivity index (χ0) is 16.0. The number of carboxylic acids is 1. The highest BCUT2D eigenvalue weighted by Gasteiger charge is 2.21. The van der Waals surface area contributed by atoms with Gasteiger partial charge in [-0.15, -0.1) is 11.8 Å². The summed E-state index contributed by atoms with van der Waals surface area (Å²) < 4.78 is 26.1. The van der Waals surface area contributed by atoms with Crippen LogP contribution in [-0.4, -0.2) is 28.8 Å². The molecule has 4 nitrogen and oxygen atoms in total. The molecule has 0 saturated carbocycles. The topological polar surface area (TPSA) is 66.4 Å². The number of carboxylic acid groups (broad SMARTS) is 1. The van der Waals surface area contributed by atoms with Crippen LogP contribution in [0.15, 0.2) is 23.1 Å². The van der Waals surface area contributed by atoms with Crippen molar-refractivity contribution in [1.29, 1.82) is 0 Å². The van der Waals surface area contributed by atoms with Crippen molar-refractivity contribution >= 4 is 23.6 Å². The average molecular weight is 317 g/mol. The maximum absolute atomic E-state index is 13.4. The first-order chi connectivity index (χ1) is 9.79. The summed E-state index contributed by atoms with van der Waals surface area (Å²) in [6, 6.07) is 2.11. The van der Waals surface area contributed by atoms with Crippen molar-refractivity contribution in [2.45, 2.75) is 31.2 Å². The number of hydrogen-bond acceptors (Lipinski definition) is 3. The summed E-state index contributed by atoms with van der Waals surface area (Å²) >= 11 is 0.890. The molecule has 0 heterocycles. The fourth-order valence-electron chi connectivity index (χ4n) is 1.66. The standard InChI is InChI=1S/C14H17F2NO3S/c1-8(2)5-11(14(19)20)17-13(18)7-21-12-4-3-9(15)6-10(12)16/h3-4,6,8,11H,5,7H2,1-2H3,(H,17,18)(H,19,20)/t11-/m1/s1. The van der Waals surface area contributed by atoms with Gasteiger partial charge in [-0.3, -0.25) is 4.79 Å². The Kier molecular flexibility index (Phi) is 6.61. The molecule has 0 aromatic heterocycles. The van der Waals surface area contributed by atoms with Gasteiger partial charge in [0, 0.05) is 11.0 Å². The van der Waals surface area contributed by atoms with Crippen molar-refractivity contribution in [2.24, 2.45) is 5.92 Å². The van der Waals surface area contributed by atoms with Gasteiger partial charge in [-0.05, 0) is 24.5 Å². The molecule has 0 spiro atoms. The van der Waals surface area contributed by atoms with Crippen LogP contribution < -0.4 is 5.32 Å². The molecule has 21 heavy (non-hydrogen) atoms. The van der Waals surface area contributed by atoms with Crippen molar-refractivity contribution < 1.29 is 23.5 Å². The zero-order valence-electron chi connectivity index (χ0n) is 11.7. The Hall–Kier alpha value is -1.63. The number of amides is 1. The van der Waals surface area contributed by atoms with Gasteiger partial charge in [0.05, 0.1) is 5.75 Å². The molecule has 1 aromatic rings. The summed E-state index contributed by atoms with van der Waals surface area (Å²) in [6.45, 7) is 3.70. The number of thioether (sulfide) groups is 1. The monoisotopic (exact) mass is 317 g/mol. The summed E-state index contributed by atoms with van der Waals surface area (Å²) in [6.07, 6.45) is 0.316. The Bertz CT molecular complexity index is 523. The highest BCUT2D eigenvalue weighted by molar-refractivity contribution is 8.00. The van der Waals surface area contributed by atoms with Crippen molar-refractivity contribution in [3.8, 4) is 0 Å². The van der Waals surface area contributed by atoms with Gasteiger partial charge in [-0.2, -0.15) is 0 Å². The summed E-state index contributed by atoms with van der Waals surface area (Å²) in [4.78, 5) is 22.9. The van der Waals surface area contributed by atoms with Crippen LogP contribution in [0, 0.1) is 17.6 Å². The number of halogens is 2. The van der Waals surface area contributed by atoms with Crippen LogP contribution in [0.4, 0.5) is 8.78 Å². The molecule has 7 heteroatoms. The lowest BCUT2D eigenvalue weighted by molar-refractivity contribution is -0.141. The number of rotatable bonds is 7. The van der Waals surface area contributed by atoms with Crippen LogP contribution in [0.25, 0.3) is 0 Å². The second kappa shape index (κ2) is 7.97. The molecule has 1 atom stereocenters. The van der Waals surface area contributed by atoms with E-state index in [2.05, 4.69) is 5.32 Å². The van der Waals surface area contributed by atoms with E-state index >= 15 is 0 Å². The predicted octanol–water partition coefficient (Wildman–Crippen LogP) is 2.67. The molecule has 116 valence electrons. The zero-order valence-corrected chi connectivity index (χ0v) is 12.5. The third-order valence-corrected chi connectivity index (χ3v) is 3.64. The molecular weight excluding hydrogens is 300 g/mol. The van der Waals surface area contributed by atoms with Crippen molar-refractivity contribution in [3.63, 3.8) is 0 Å². The Morgan fingerprint density at radius 1 is 1.33 bits per heavy atom. The molecule has 0 radical (unpaired) electrons. The fourth-order valence-corrected chi connectivity index (χ4v) is 2.40. The maximum atomic E-state index is 13.4. The smallest absolute Gasteiger partial charge is 0.326 e. The van der Waals surface area contributed by atoms with Crippen LogP contribution in [-0.2, 0) is 9.59 Å². The first-order valence-corrected chi connectivity index (χ1v) is 7.38. The molecule has 0 bridgehead atoms. The highest BCUT2D eigenvalue weighted by atomic mass is 32.2. The maximum Gasteiger partial charge on any atom is 0.326 e. The van der Waals surface area contributed by atoms with E-state index in [0.717, 1.165) is 23.9 Å². The molecule has 0 aliphatic heterocycles. The van der Waals surface area contributed by atoms with Gasteiger partial charge in [0.25, 0.3) is 0 Å². The molecule has 0 aliphatic carbocycles. The number of carbonyl (C=O) groups is 2.